The number of hydrogen-bond donors (Lipinski definition) is 1. The molecule has 208 valence electrons. The van der Waals surface area contributed by atoms with Gasteiger partial charge in [0.1, 0.15) is 29.7 Å². The molecule has 0 aliphatic carbocycles. The third-order valence-corrected chi connectivity index (χ3v) is 7.55. The Morgan fingerprint density at radius 3 is 2.80 bits per heavy atom. The maximum Gasteiger partial charge on any atom is 0.335 e. The number of aromatic carboxylic acids is 1. The van der Waals surface area contributed by atoms with Gasteiger partial charge in [0.2, 0.25) is 0 Å². The Kier molecular flexibility index (Phi) is 7.41. The third-order valence-electron chi connectivity index (χ3n) is 7.25. The third kappa shape index (κ3) is 5.65. The molecule has 1 atom stereocenters. The van der Waals surface area contributed by atoms with Crippen LogP contribution < -0.4 is 4.74 Å². The van der Waals surface area contributed by atoms with Crippen molar-refractivity contribution >= 4 is 34.2 Å². The molecule has 41 heavy (non-hydrogen) atoms. The van der Waals surface area contributed by atoms with Gasteiger partial charge >= 0.3 is 5.97 Å². The highest BCUT2D eigenvalue weighted by Gasteiger charge is 2.25. The molecule has 4 heterocycles. The summed E-state index contributed by atoms with van der Waals surface area (Å²) < 4.78 is 28.4. The molecule has 4 aromatic rings. The van der Waals surface area contributed by atoms with E-state index in [1.807, 2.05) is 16.7 Å². The van der Waals surface area contributed by atoms with Gasteiger partial charge in [0.25, 0.3) is 0 Å². The first kappa shape index (κ1) is 26.9. The second kappa shape index (κ2) is 11.3. The van der Waals surface area contributed by atoms with E-state index in [1.54, 1.807) is 36.4 Å². The van der Waals surface area contributed by atoms with Gasteiger partial charge in [0.05, 0.1) is 58.1 Å². The molecule has 11 heteroatoms. The highest BCUT2D eigenvalue weighted by molar-refractivity contribution is 6.32. The number of rotatable bonds is 9. The molecular formula is C30H25ClFN5O4. The number of ether oxygens (including phenoxy) is 2. The smallest absolute Gasteiger partial charge is 0.335 e. The number of nitriles is 1. The summed E-state index contributed by atoms with van der Waals surface area (Å²) in [6, 6.07) is 14.7. The molecular weight excluding hydrogens is 549 g/mol. The van der Waals surface area contributed by atoms with Crippen LogP contribution in [0.5, 0.6) is 5.75 Å². The zero-order valence-electron chi connectivity index (χ0n) is 21.9. The van der Waals surface area contributed by atoms with Gasteiger partial charge in [0, 0.05) is 19.7 Å². The summed E-state index contributed by atoms with van der Waals surface area (Å²) in [6.45, 7) is 2.94. The van der Waals surface area contributed by atoms with E-state index >= 15 is 0 Å². The van der Waals surface area contributed by atoms with E-state index in [0.717, 1.165) is 35.5 Å². The van der Waals surface area contributed by atoms with E-state index in [0.29, 0.717) is 48.2 Å². The number of carbonyl (C=O) groups is 1. The normalized spacial score (nSPS) is 16.8. The number of pyridine rings is 1. The van der Waals surface area contributed by atoms with Crippen molar-refractivity contribution in [3.05, 3.63) is 93.8 Å². The van der Waals surface area contributed by atoms with Crippen LogP contribution in [0.4, 0.5) is 4.39 Å². The van der Waals surface area contributed by atoms with E-state index in [1.165, 1.54) is 12.1 Å². The van der Waals surface area contributed by atoms with Crippen molar-refractivity contribution in [1.82, 2.24) is 19.4 Å². The number of halogens is 2. The van der Waals surface area contributed by atoms with Gasteiger partial charge in [-0.15, -0.1) is 0 Å². The van der Waals surface area contributed by atoms with Crippen molar-refractivity contribution in [3.8, 4) is 11.8 Å². The van der Waals surface area contributed by atoms with Gasteiger partial charge in [-0.2, -0.15) is 5.26 Å². The highest BCUT2D eigenvalue weighted by Crippen LogP contribution is 2.28. The van der Waals surface area contributed by atoms with Crippen molar-refractivity contribution in [3.63, 3.8) is 0 Å². The molecule has 1 saturated heterocycles. The van der Waals surface area contributed by atoms with Crippen LogP contribution in [0.1, 0.15) is 39.6 Å². The van der Waals surface area contributed by atoms with Crippen LogP contribution >= 0.6 is 11.6 Å². The molecule has 1 unspecified atom stereocenters. The fraction of sp³-hybridized carbons (Fsp3) is 0.267. The lowest BCUT2D eigenvalue weighted by molar-refractivity contribution is -0.0591. The number of carboxylic acid groups (broad SMARTS) is 1. The summed E-state index contributed by atoms with van der Waals surface area (Å²) in [5.74, 6) is -0.205. The second-order valence-corrected chi connectivity index (χ2v) is 10.4. The summed E-state index contributed by atoms with van der Waals surface area (Å²) in [4.78, 5) is 23.0. The average molecular weight is 574 g/mol. The van der Waals surface area contributed by atoms with Crippen LogP contribution in [-0.4, -0.2) is 56.3 Å². The minimum atomic E-state index is -0.989. The Bertz CT molecular complexity index is 1730. The van der Waals surface area contributed by atoms with Gasteiger partial charge in [-0.1, -0.05) is 17.7 Å². The van der Waals surface area contributed by atoms with Gasteiger partial charge < -0.3 is 19.1 Å². The molecule has 0 bridgehead atoms. The molecule has 1 N–H and O–H groups in total. The zero-order chi connectivity index (χ0) is 28.5. The monoisotopic (exact) mass is 573 g/mol. The SMILES string of the molecule is N#Cc1ccc(OCc2ccc(F)c(C3=CCN(Cc4nc5ccc(C(=O)O)cc5n4CC4CCO4)C3)n2)c(Cl)c1. The molecule has 1 fully saturated rings. The molecule has 0 saturated carbocycles. The van der Waals surface area contributed by atoms with E-state index in [2.05, 4.69) is 9.88 Å². The molecule has 2 aromatic heterocycles. The lowest BCUT2D eigenvalue weighted by atomic mass is 10.1. The fourth-order valence-corrected chi connectivity index (χ4v) is 5.23. The highest BCUT2D eigenvalue weighted by atomic mass is 35.5. The Labute approximate surface area is 240 Å². The molecule has 2 aromatic carbocycles. The second-order valence-electron chi connectivity index (χ2n) is 10.0. The molecule has 0 amide bonds. The van der Waals surface area contributed by atoms with Crippen molar-refractivity contribution in [2.24, 2.45) is 0 Å². The summed E-state index contributed by atoms with van der Waals surface area (Å²) in [6.07, 6.45) is 2.96. The average Bonchev–Trinajstić information content (AvgIpc) is 3.54. The van der Waals surface area contributed by atoms with E-state index in [4.69, 9.17) is 31.3 Å². The summed E-state index contributed by atoms with van der Waals surface area (Å²) >= 11 is 6.20. The van der Waals surface area contributed by atoms with Crippen LogP contribution in [-0.2, 0) is 24.4 Å². The predicted molar refractivity (Wildman–Crippen MR) is 149 cm³/mol. The lowest BCUT2D eigenvalue weighted by Gasteiger charge is -2.28. The van der Waals surface area contributed by atoms with Gasteiger partial charge in [0.15, 0.2) is 0 Å². The van der Waals surface area contributed by atoms with Crippen LogP contribution in [0.3, 0.4) is 0 Å². The maximum absolute atomic E-state index is 14.9. The minimum Gasteiger partial charge on any atom is -0.486 e. The summed E-state index contributed by atoms with van der Waals surface area (Å²) in [7, 11) is 0. The number of carboxylic acids is 1. The van der Waals surface area contributed by atoms with Crippen LogP contribution in [0.2, 0.25) is 5.02 Å². The first-order valence-electron chi connectivity index (χ1n) is 13.1. The zero-order valence-corrected chi connectivity index (χ0v) is 22.6. The Balaban J connectivity index is 1.17. The number of fused-ring (bicyclic) bond motifs is 1. The van der Waals surface area contributed by atoms with Gasteiger partial charge in [-0.05, 0) is 60.5 Å². The number of nitrogens with zero attached hydrogens (tertiary/aromatic N) is 5. The fourth-order valence-electron chi connectivity index (χ4n) is 4.99. The van der Waals surface area contributed by atoms with Crippen molar-refractivity contribution in [2.75, 3.05) is 19.7 Å². The molecule has 9 nitrogen and oxygen atoms in total. The summed E-state index contributed by atoms with van der Waals surface area (Å²) in [5, 5.41) is 18.8. The van der Waals surface area contributed by atoms with E-state index < -0.39 is 11.8 Å². The van der Waals surface area contributed by atoms with Crippen molar-refractivity contribution in [1.29, 1.82) is 5.26 Å². The Hall–Kier alpha value is -4.30. The van der Waals surface area contributed by atoms with E-state index in [-0.39, 0.29) is 24.0 Å². The number of imidazole rings is 1. The van der Waals surface area contributed by atoms with Gasteiger partial charge in [-0.3, -0.25) is 4.90 Å². The van der Waals surface area contributed by atoms with Crippen molar-refractivity contribution in [2.45, 2.75) is 32.2 Å². The minimum absolute atomic E-state index is 0.0642. The maximum atomic E-state index is 14.9. The largest absolute Gasteiger partial charge is 0.486 e. The molecule has 0 spiro atoms. The van der Waals surface area contributed by atoms with Crippen LogP contribution in [0.25, 0.3) is 16.6 Å². The standard InChI is InChI=1S/C30H25ClFN5O4/c31-23-11-18(13-33)1-6-27(23)41-17-21-3-4-24(32)29(34-21)20-7-9-36(14-20)16-28-35-25-5-2-19(30(38)39)12-26(25)37(28)15-22-8-10-40-22/h1-7,11-12,22H,8-10,14-17H2,(H,38,39). The topological polar surface area (TPSA) is 114 Å². The molecule has 2 aliphatic rings. The van der Waals surface area contributed by atoms with Crippen LogP contribution in [0, 0.1) is 17.1 Å². The predicted octanol–water partition coefficient (Wildman–Crippen LogP) is 5.06. The number of benzene rings is 2. The van der Waals surface area contributed by atoms with Crippen molar-refractivity contribution < 1.29 is 23.8 Å². The molecule has 0 radical (unpaired) electrons. The Morgan fingerprint density at radius 2 is 2.07 bits per heavy atom. The molecule has 2 aliphatic heterocycles. The molecule has 6 rings (SSSR count). The van der Waals surface area contributed by atoms with E-state index in [9.17, 15) is 14.3 Å². The van der Waals surface area contributed by atoms with Gasteiger partial charge in [-0.25, -0.2) is 19.2 Å². The van der Waals surface area contributed by atoms with Crippen LogP contribution in [0.15, 0.2) is 54.6 Å². The lowest BCUT2D eigenvalue weighted by Crippen LogP contribution is -2.32. The summed E-state index contributed by atoms with van der Waals surface area (Å²) in [5.41, 5.74) is 3.68. The first-order valence-corrected chi connectivity index (χ1v) is 13.5. The Morgan fingerprint density at radius 1 is 1.22 bits per heavy atom. The quantitative estimate of drug-likeness (QED) is 0.295. The number of aromatic nitrogens is 3. The number of hydrogen-bond acceptors (Lipinski definition) is 7. The first-order chi connectivity index (χ1) is 19.9.